The molecule has 0 unspecified atom stereocenters. The van der Waals surface area contributed by atoms with Crippen LogP contribution >= 0.6 is 15.9 Å². The summed E-state index contributed by atoms with van der Waals surface area (Å²) in [6.45, 7) is 0.358. The summed E-state index contributed by atoms with van der Waals surface area (Å²) in [7, 11) is 0. The largest absolute Gasteiger partial charge is 0.351 e. The van der Waals surface area contributed by atoms with Crippen molar-refractivity contribution in [2.75, 3.05) is 5.32 Å². The Kier molecular flexibility index (Phi) is 7.17. The number of amides is 2. The number of hydrogen-bond acceptors (Lipinski definition) is 3. The van der Waals surface area contributed by atoms with Gasteiger partial charge < -0.3 is 10.6 Å². The fourth-order valence-corrected chi connectivity index (χ4v) is 2.70. The van der Waals surface area contributed by atoms with Crippen molar-refractivity contribution in [3.63, 3.8) is 0 Å². The van der Waals surface area contributed by atoms with Gasteiger partial charge in [0, 0.05) is 23.1 Å². The van der Waals surface area contributed by atoms with Crippen LogP contribution in [-0.4, -0.2) is 11.8 Å². The number of nitrogens with zero attached hydrogens (tertiary/aromatic N) is 1. The molecule has 2 aromatic carbocycles. The van der Waals surface area contributed by atoms with Crippen LogP contribution in [0.25, 0.3) is 0 Å². The van der Waals surface area contributed by atoms with Crippen LogP contribution in [0, 0.1) is 11.3 Å². The summed E-state index contributed by atoms with van der Waals surface area (Å²) in [5.74, 6) is -0.349. The van der Waals surface area contributed by atoms with Crippen LogP contribution in [0.15, 0.2) is 53.0 Å². The van der Waals surface area contributed by atoms with Gasteiger partial charge in [-0.1, -0.05) is 46.3 Å². The molecule has 0 aliphatic heterocycles. The second-order valence-electron chi connectivity index (χ2n) is 5.45. The zero-order chi connectivity index (χ0) is 18.1. The minimum Gasteiger partial charge on any atom is -0.351 e. The van der Waals surface area contributed by atoms with Gasteiger partial charge in [-0.2, -0.15) is 5.26 Å². The molecule has 0 saturated carbocycles. The maximum Gasteiger partial charge on any atom is 0.234 e. The standard InChI is InChI=1S/C19H18BrN3O2/c20-17-4-2-1-3-15(17)7-10-19(25)23-16-8-5-14(6-9-16)13-22-18(24)11-12-21/h1-6,8-9H,7,10-11,13H2,(H,22,24)(H,23,25). The fourth-order valence-electron chi connectivity index (χ4n) is 2.21. The van der Waals surface area contributed by atoms with E-state index in [-0.39, 0.29) is 18.2 Å². The molecule has 2 amide bonds. The van der Waals surface area contributed by atoms with Crippen LogP contribution < -0.4 is 10.6 Å². The third-order valence-electron chi connectivity index (χ3n) is 3.55. The predicted octanol–water partition coefficient (Wildman–Crippen LogP) is 3.55. The number of anilines is 1. The van der Waals surface area contributed by atoms with Crippen molar-refractivity contribution >= 4 is 33.4 Å². The molecule has 5 nitrogen and oxygen atoms in total. The van der Waals surface area contributed by atoms with E-state index in [4.69, 9.17) is 5.26 Å². The average Bonchev–Trinajstić information content (AvgIpc) is 2.61. The fraction of sp³-hybridized carbons (Fsp3) is 0.211. The molecule has 0 heterocycles. The van der Waals surface area contributed by atoms with Gasteiger partial charge in [0.25, 0.3) is 0 Å². The number of carbonyl (C=O) groups excluding carboxylic acids is 2. The van der Waals surface area contributed by atoms with E-state index in [2.05, 4.69) is 26.6 Å². The Morgan fingerprint density at radius 3 is 2.44 bits per heavy atom. The van der Waals surface area contributed by atoms with Crippen molar-refractivity contribution in [2.24, 2.45) is 0 Å². The SMILES string of the molecule is N#CCC(=O)NCc1ccc(NC(=O)CCc2ccccc2Br)cc1. The molecule has 2 aromatic rings. The van der Waals surface area contributed by atoms with Crippen molar-refractivity contribution in [1.82, 2.24) is 5.32 Å². The number of benzene rings is 2. The lowest BCUT2D eigenvalue weighted by atomic mass is 10.1. The van der Waals surface area contributed by atoms with Gasteiger partial charge in [0.1, 0.15) is 6.42 Å². The van der Waals surface area contributed by atoms with Gasteiger partial charge in [0.15, 0.2) is 0 Å². The Morgan fingerprint density at radius 2 is 1.76 bits per heavy atom. The lowest BCUT2D eigenvalue weighted by Gasteiger charge is -2.08. The number of aryl methyl sites for hydroxylation is 1. The van der Waals surface area contributed by atoms with Gasteiger partial charge in [-0.05, 0) is 35.7 Å². The third-order valence-corrected chi connectivity index (χ3v) is 4.32. The number of nitriles is 1. The van der Waals surface area contributed by atoms with E-state index in [1.807, 2.05) is 36.4 Å². The summed E-state index contributed by atoms with van der Waals surface area (Å²) in [5.41, 5.74) is 2.71. The van der Waals surface area contributed by atoms with E-state index in [0.717, 1.165) is 15.6 Å². The smallest absolute Gasteiger partial charge is 0.234 e. The van der Waals surface area contributed by atoms with Gasteiger partial charge in [0.05, 0.1) is 6.07 Å². The predicted molar refractivity (Wildman–Crippen MR) is 99.6 cm³/mol. The van der Waals surface area contributed by atoms with Crippen LogP contribution in [0.2, 0.25) is 0 Å². The van der Waals surface area contributed by atoms with Crippen molar-refractivity contribution in [3.8, 4) is 6.07 Å². The quantitative estimate of drug-likeness (QED) is 0.746. The zero-order valence-corrected chi connectivity index (χ0v) is 15.2. The highest BCUT2D eigenvalue weighted by atomic mass is 79.9. The lowest BCUT2D eigenvalue weighted by molar-refractivity contribution is -0.120. The molecule has 0 saturated heterocycles. The highest BCUT2D eigenvalue weighted by Gasteiger charge is 2.06. The molecule has 2 N–H and O–H groups in total. The second-order valence-corrected chi connectivity index (χ2v) is 6.30. The molecule has 6 heteroatoms. The minimum atomic E-state index is -0.299. The van der Waals surface area contributed by atoms with E-state index in [1.54, 1.807) is 18.2 Å². The molecule has 0 bridgehead atoms. The molecular weight excluding hydrogens is 382 g/mol. The van der Waals surface area contributed by atoms with Gasteiger partial charge in [0.2, 0.25) is 11.8 Å². The summed E-state index contributed by atoms with van der Waals surface area (Å²) in [5, 5.41) is 13.9. The van der Waals surface area contributed by atoms with Gasteiger partial charge >= 0.3 is 0 Å². The number of hydrogen-bond donors (Lipinski definition) is 2. The summed E-state index contributed by atoms with van der Waals surface area (Å²) in [6.07, 6.45) is 0.913. The van der Waals surface area contributed by atoms with Crippen LogP contribution in [0.1, 0.15) is 24.0 Å². The monoisotopic (exact) mass is 399 g/mol. The molecule has 0 aliphatic rings. The second kappa shape index (κ2) is 9.60. The molecule has 0 spiro atoms. The van der Waals surface area contributed by atoms with E-state index in [9.17, 15) is 9.59 Å². The van der Waals surface area contributed by atoms with Crippen LogP contribution in [0.5, 0.6) is 0 Å². The molecule has 128 valence electrons. The summed E-state index contributed by atoms with van der Waals surface area (Å²) < 4.78 is 1.01. The summed E-state index contributed by atoms with van der Waals surface area (Å²) in [4.78, 5) is 23.3. The van der Waals surface area contributed by atoms with Crippen molar-refractivity contribution in [3.05, 3.63) is 64.1 Å². The summed E-state index contributed by atoms with van der Waals surface area (Å²) in [6, 6.07) is 16.9. The minimum absolute atomic E-state index is 0.0502. The van der Waals surface area contributed by atoms with Crippen LogP contribution in [-0.2, 0) is 22.6 Å². The van der Waals surface area contributed by atoms with Gasteiger partial charge in [-0.15, -0.1) is 0 Å². The average molecular weight is 400 g/mol. The van der Waals surface area contributed by atoms with E-state index in [1.165, 1.54) is 0 Å². The van der Waals surface area contributed by atoms with Crippen LogP contribution in [0.3, 0.4) is 0 Å². The molecule has 0 aliphatic carbocycles. The first-order valence-corrected chi connectivity index (χ1v) is 8.63. The molecule has 0 fully saturated rings. The van der Waals surface area contributed by atoms with Crippen LogP contribution in [0.4, 0.5) is 5.69 Å². The van der Waals surface area contributed by atoms with Crippen molar-refractivity contribution in [1.29, 1.82) is 5.26 Å². The molecular formula is C19H18BrN3O2. The topological polar surface area (TPSA) is 82.0 Å². The number of carbonyl (C=O) groups is 2. The number of nitrogens with one attached hydrogen (secondary N) is 2. The van der Waals surface area contributed by atoms with Crippen molar-refractivity contribution in [2.45, 2.75) is 25.8 Å². The Hall–Kier alpha value is -2.65. The molecule has 0 atom stereocenters. The van der Waals surface area contributed by atoms with Crippen molar-refractivity contribution < 1.29 is 9.59 Å². The highest BCUT2D eigenvalue weighted by Crippen LogP contribution is 2.18. The van der Waals surface area contributed by atoms with E-state index in [0.29, 0.717) is 25.1 Å². The Balaban J connectivity index is 1.80. The third kappa shape index (κ3) is 6.40. The maximum absolute atomic E-state index is 12.1. The molecule has 25 heavy (non-hydrogen) atoms. The number of rotatable bonds is 7. The highest BCUT2D eigenvalue weighted by molar-refractivity contribution is 9.10. The first-order valence-electron chi connectivity index (χ1n) is 7.84. The van der Waals surface area contributed by atoms with E-state index < -0.39 is 0 Å². The molecule has 0 aromatic heterocycles. The van der Waals surface area contributed by atoms with E-state index >= 15 is 0 Å². The molecule has 2 rings (SSSR count). The maximum atomic E-state index is 12.1. The van der Waals surface area contributed by atoms with Gasteiger partial charge in [-0.25, -0.2) is 0 Å². The normalized spacial score (nSPS) is 9.92. The Morgan fingerprint density at radius 1 is 1.04 bits per heavy atom. The summed E-state index contributed by atoms with van der Waals surface area (Å²) >= 11 is 3.48. The first kappa shape index (κ1) is 18.7. The number of halogens is 1. The lowest BCUT2D eigenvalue weighted by Crippen LogP contribution is -2.21. The van der Waals surface area contributed by atoms with Gasteiger partial charge in [-0.3, -0.25) is 9.59 Å². The Bertz CT molecular complexity index is 782. The zero-order valence-electron chi connectivity index (χ0n) is 13.6. The molecule has 0 radical (unpaired) electrons. The first-order chi connectivity index (χ1) is 12.1. The Labute approximate surface area is 155 Å².